The van der Waals surface area contributed by atoms with Crippen LogP contribution in [0.5, 0.6) is 11.5 Å². The van der Waals surface area contributed by atoms with E-state index in [1.165, 1.54) is 11.0 Å². The van der Waals surface area contributed by atoms with Crippen LogP contribution in [0.4, 0.5) is 16.2 Å². The highest BCUT2D eigenvalue weighted by molar-refractivity contribution is 6.35. The van der Waals surface area contributed by atoms with Crippen molar-refractivity contribution in [3.05, 3.63) is 82.3 Å². The Morgan fingerprint density at radius 2 is 1.75 bits per heavy atom. The molecule has 7 heteroatoms. The van der Waals surface area contributed by atoms with Crippen LogP contribution in [-0.2, 0) is 6.54 Å². The number of amides is 2. The Labute approximate surface area is 173 Å². The monoisotopic (exact) mass is 416 g/mol. The molecule has 2 N–H and O–H groups in total. The van der Waals surface area contributed by atoms with Crippen molar-refractivity contribution >= 4 is 40.6 Å². The molecule has 0 aromatic heterocycles. The van der Waals surface area contributed by atoms with Gasteiger partial charge in [-0.05, 0) is 48.5 Å². The normalized spacial score (nSPS) is 10.4. The minimum atomic E-state index is -0.369. The van der Waals surface area contributed by atoms with Crippen LogP contribution in [0.25, 0.3) is 0 Å². The zero-order valence-electron chi connectivity index (χ0n) is 15.0. The summed E-state index contributed by atoms with van der Waals surface area (Å²) in [6.45, 7) is 0.0666. The number of phenolic OH excluding ortho intramolecular Hbond substituents is 1. The molecular weight excluding hydrogens is 399 g/mol. The number of hydrogen-bond donors (Lipinski definition) is 2. The molecule has 0 spiro atoms. The largest absolute Gasteiger partial charge is 0.506 e. The van der Waals surface area contributed by atoms with Crippen LogP contribution in [0, 0.1) is 0 Å². The maximum atomic E-state index is 13.0. The van der Waals surface area contributed by atoms with Crippen molar-refractivity contribution in [2.45, 2.75) is 6.54 Å². The molecule has 0 aliphatic carbocycles. The van der Waals surface area contributed by atoms with Crippen molar-refractivity contribution < 1.29 is 14.6 Å². The van der Waals surface area contributed by atoms with Crippen molar-refractivity contribution in [1.82, 2.24) is 0 Å². The van der Waals surface area contributed by atoms with Gasteiger partial charge in [0.2, 0.25) is 0 Å². The third-order valence-electron chi connectivity index (χ3n) is 4.09. The molecule has 0 fully saturated rings. The standard InChI is InChI=1S/C21H18Cl2N2O3/c1-28-18-9-7-17(8-10-18)25(21(27)24-16-5-3-2-4-6-16)13-14-11-15(22)12-19(23)20(14)26/h2-12,26H,13H2,1H3,(H,24,27). The number of phenols is 1. The molecule has 5 nitrogen and oxygen atoms in total. The summed E-state index contributed by atoms with van der Waals surface area (Å²) >= 11 is 12.1. The topological polar surface area (TPSA) is 61.8 Å². The maximum Gasteiger partial charge on any atom is 0.326 e. The average Bonchev–Trinajstić information content (AvgIpc) is 2.70. The number of benzene rings is 3. The molecule has 0 heterocycles. The number of methoxy groups -OCH3 is 1. The first-order chi connectivity index (χ1) is 13.5. The SMILES string of the molecule is COc1ccc(N(Cc2cc(Cl)cc(Cl)c2O)C(=O)Nc2ccccc2)cc1. The second-order valence-electron chi connectivity index (χ2n) is 5.98. The number of urea groups is 1. The third kappa shape index (κ3) is 4.68. The lowest BCUT2D eigenvalue weighted by molar-refractivity contribution is 0.256. The van der Waals surface area contributed by atoms with Gasteiger partial charge in [0.25, 0.3) is 0 Å². The number of nitrogens with one attached hydrogen (secondary N) is 1. The van der Waals surface area contributed by atoms with Crippen molar-refractivity contribution in [3.63, 3.8) is 0 Å². The molecule has 0 atom stereocenters. The molecule has 3 aromatic carbocycles. The zero-order chi connectivity index (χ0) is 20.1. The second-order valence-corrected chi connectivity index (χ2v) is 6.82. The Bertz CT molecular complexity index is 963. The van der Waals surface area contributed by atoms with Crippen LogP contribution >= 0.6 is 23.2 Å². The molecule has 3 aromatic rings. The van der Waals surface area contributed by atoms with E-state index in [0.717, 1.165) is 0 Å². The van der Waals surface area contributed by atoms with E-state index in [-0.39, 0.29) is 23.3 Å². The van der Waals surface area contributed by atoms with Gasteiger partial charge in [-0.3, -0.25) is 4.90 Å². The molecule has 0 bridgehead atoms. The van der Waals surface area contributed by atoms with Crippen LogP contribution in [0.1, 0.15) is 5.56 Å². The molecule has 0 radical (unpaired) electrons. The van der Waals surface area contributed by atoms with Gasteiger partial charge in [0.1, 0.15) is 11.5 Å². The fourth-order valence-corrected chi connectivity index (χ4v) is 3.20. The van der Waals surface area contributed by atoms with Gasteiger partial charge >= 0.3 is 6.03 Å². The van der Waals surface area contributed by atoms with Gasteiger partial charge in [0, 0.05) is 22.0 Å². The van der Waals surface area contributed by atoms with E-state index in [2.05, 4.69) is 5.32 Å². The molecule has 0 aliphatic heterocycles. The number of rotatable bonds is 5. The summed E-state index contributed by atoms with van der Waals surface area (Å²) in [5, 5.41) is 13.6. The quantitative estimate of drug-likeness (QED) is 0.540. The number of carbonyl (C=O) groups is 1. The lowest BCUT2D eigenvalue weighted by atomic mass is 10.1. The number of halogens is 2. The van der Waals surface area contributed by atoms with Crippen LogP contribution in [0.15, 0.2) is 66.7 Å². The first-order valence-electron chi connectivity index (χ1n) is 8.42. The van der Waals surface area contributed by atoms with Crippen LogP contribution < -0.4 is 15.0 Å². The Kier molecular flexibility index (Phi) is 6.29. The van der Waals surface area contributed by atoms with Gasteiger partial charge in [-0.15, -0.1) is 0 Å². The summed E-state index contributed by atoms with van der Waals surface area (Å²) in [5.74, 6) is 0.554. The molecule has 2 amide bonds. The van der Waals surface area contributed by atoms with Gasteiger partial charge in [-0.25, -0.2) is 4.79 Å². The summed E-state index contributed by atoms with van der Waals surface area (Å²) in [6, 6.07) is 18.8. The van der Waals surface area contributed by atoms with E-state index in [1.807, 2.05) is 18.2 Å². The highest BCUT2D eigenvalue weighted by Crippen LogP contribution is 2.33. The molecule has 0 aliphatic rings. The predicted molar refractivity (Wildman–Crippen MR) is 113 cm³/mol. The molecular formula is C21H18Cl2N2O3. The molecule has 28 heavy (non-hydrogen) atoms. The first-order valence-corrected chi connectivity index (χ1v) is 9.18. The Morgan fingerprint density at radius 1 is 1.07 bits per heavy atom. The van der Waals surface area contributed by atoms with Crippen molar-refractivity contribution in [3.8, 4) is 11.5 Å². The molecule has 0 unspecified atom stereocenters. The zero-order valence-corrected chi connectivity index (χ0v) is 16.5. The number of nitrogens with zero attached hydrogens (tertiary/aromatic N) is 1. The van der Waals surface area contributed by atoms with E-state index in [9.17, 15) is 9.90 Å². The van der Waals surface area contributed by atoms with Gasteiger partial charge < -0.3 is 15.2 Å². The summed E-state index contributed by atoms with van der Waals surface area (Å²) in [5.41, 5.74) is 1.70. The van der Waals surface area contributed by atoms with Crippen molar-refractivity contribution in [2.75, 3.05) is 17.3 Å². The fraction of sp³-hybridized carbons (Fsp3) is 0.0952. The minimum absolute atomic E-state index is 0.0666. The molecule has 0 saturated carbocycles. The lowest BCUT2D eigenvalue weighted by Crippen LogP contribution is -2.34. The highest BCUT2D eigenvalue weighted by Gasteiger charge is 2.20. The lowest BCUT2D eigenvalue weighted by Gasteiger charge is -2.24. The second kappa shape index (κ2) is 8.87. The van der Waals surface area contributed by atoms with Crippen molar-refractivity contribution in [1.29, 1.82) is 0 Å². The smallest absolute Gasteiger partial charge is 0.326 e. The predicted octanol–water partition coefficient (Wildman–Crippen LogP) is 5.95. The number of ether oxygens (including phenoxy) is 1. The number of para-hydroxylation sites is 1. The van der Waals surface area contributed by atoms with Crippen molar-refractivity contribution in [2.24, 2.45) is 0 Å². The van der Waals surface area contributed by atoms with E-state index in [1.54, 1.807) is 49.6 Å². The molecule has 3 rings (SSSR count). The maximum absolute atomic E-state index is 13.0. The van der Waals surface area contributed by atoms with Gasteiger partial charge in [0.05, 0.1) is 18.7 Å². The summed E-state index contributed by atoms with van der Waals surface area (Å²) in [4.78, 5) is 14.5. The van der Waals surface area contributed by atoms with Gasteiger partial charge in [-0.1, -0.05) is 41.4 Å². The third-order valence-corrected chi connectivity index (χ3v) is 4.60. The number of carbonyl (C=O) groups excluding carboxylic acids is 1. The van der Waals surface area contributed by atoms with E-state index in [4.69, 9.17) is 27.9 Å². The first kappa shape index (κ1) is 19.9. The van der Waals surface area contributed by atoms with Crippen LogP contribution in [0.2, 0.25) is 10.0 Å². The highest BCUT2D eigenvalue weighted by atomic mass is 35.5. The van der Waals surface area contributed by atoms with Crippen LogP contribution in [0.3, 0.4) is 0 Å². The minimum Gasteiger partial charge on any atom is -0.506 e. The Balaban J connectivity index is 1.95. The Hall–Kier alpha value is -2.89. The number of aromatic hydroxyl groups is 1. The van der Waals surface area contributed by atoms with Gasteiger partial charge in [0.15, 0.2) is 0 Å². The van der Waals surface area contributed by atoms with E-state index < -0.39 is 0 Å². The Morgan fingerprint density at radius 3 is 2.39 bits per heavy atom. The van der Waals surface area contributed by atoms with E-state index in [0.29, 0.717) is 27.7 Å². The number of anilines is 2. The van der Waals surface area contributed by atoms with Crippen LogP contribution in [-0.4, -0.2) is 18.2 Å². The summed E-state index contributed by atoms with van der Waals surface area (Å²) < 4.78 is 5.18. The fourth-order valence-electron chi connectivity index (χ4n) is 2.67. The molecule has 0 saturated heterocycles. The molecule has 144 valence electrons. The van der Waals surface area contributed by atoms with E-state index >= 15 is 0 Å². The van der Waals surface area contributed by atoms with Gasteiger partial charge in [-0.2, -0.15) is 0 Å². The summed E-state index contributed by atoms with van der Waals surface area (Å²) in [7, 11) is 1.57. The summed E-state index contributed by atoms with van der Waals surface area (Å²) in [6.07, 6.45) is 0. The number of hydrogen-bond acceptors (Lipinski definition) is 3. The average molecular weight is 417 g/mol.